The molecule has 20 heavy (non-hydrogen) atoms. The third kappa shape index (κ3) is 3.14. The van der Waals surface area contributed by atoms with Crippen molar-refractivity contribution >= 4 is 10.0 Å². The van der Waals surface area contributed by atoms with E-state index in [1.165, 1.54) is 4.31 Å². The minimum Gasteiger partial charge on any atom is -0.391 e. The van der Waals surface area contributed by atoms with Crippen molar-refractivity contribution in [1.29, 1.82) is 0 Å². The standard InChI is InChI=1S/C12H16F2N2O3S/c13-10-1-2-12(11(14)9-10)20(18,19)16-5-3-15(4-6-16)7-8-17/h1-2,9,17H,3-8H2/p+1. The summed E-state index contributed by atoms with van der Waals surface area (Å²) in [5.74, 6) is -1.88. The van der Waals surface area contributed by atoms with E-state index in [1.807, 2.05) is 0 Å². The van der Waals surface area contributed by atoms with E-state index in [-0.39, 0.29) is 19.7 Å². The van der Waals surface area contributed by atoms with Crippen LogP contribution in [0, 0.1) is 11.6 Å². The molecule has 2 N–H and O–H groups in total. The molecule has 0 amide bonds. The zero-order valence-corrected chi connectivity index (χ0v) is 11.7. The van der Waals surface area contributed by atoms with E-state index in [4.69, 9.17) is 5.11 Å². The van der Waals surface area contributed by atoms with Crippen LogP contribution in [0.5, 0.6) is 0 Å². The van der Waals surface area contributed by atoms with Gasteiger partial charge in [0.25, 0.3) is 0 Å². The van der Waals surface area contributed by atoms with Crippen molar-refractivity contribution in [3.63, 3.8) is 0 Å². The monoisotopic (exact) mass is 307 g/mol. The smallest absolute Gasteiger partial charge is 0.246 e. The Balaban J connectivity index is 2.15. The van der Waals surface area contributed by atoms with Crippen LogP contribution in [0.1, 0.15) is 0 Å². The van der Waals surface area contributed by atoms with Gasteiger partial charge in [0.1, 0.15) is 23.1 Å². The van der Waals surface area contributed by atoms with Gasteiger partial charge in [-0.25, -0.2) is 17.2 Å². The van der Waals surface area contributed by atoms with Crippen LogP contribution in [0.4, 0.5) is 8.78 Å². The molecule has 2 rings (SSSR count). The molecule has 1 aliphatic rings. The number of hydrogen-bond donors (Lipinski definition) is 2. The molecular formula is C12H17F2N2O3S+. The average Bonchev–Trinajstić information content (AvgIpc) is 2.39. The fraction of sp³-hybridized carbons (Fsp3) is 0.500. The van der Waals surface area contributed by atoms with Crippen LogP contribution in [0.2, 0.25) is 0 Å². The first-order chi connectivity index (χ1) is 9.45. The molecule has 0 spiro atoms. The SMILES string of the molecule is O=S(=O)(c1ccc(F)cc1F)N1CC[NH+](CCO)CC1. The normalized spacial score (nSPS) is 18.4. The van der Waals surface area contributed by atoms with Gasteiger partial charge in [-0.2, -0.15) is 4.31 Å². The summed E-state index contributed by atoms with van der Waals surface area (Å²) >= 11 is 0. The molecule has 0 aromatic heterocycles. The van der Waals surface area contributed by atoms with Crippen LogP contribution >= 0.6 is 0 Å². The van der Waals surface area contributed by atoms with Crippen LogP contribution in [0.25, 0.3) is 0 Å². The molecule has 0 atom stereocenters. The summed E-state index contributed by atoms with van der Waals surface area (Å²) in [7, 11) is -3.93. The van der Waals surface area contributed by atoms with Crippen molar-refractivity contribution in [2.24, 2.45) is 0 Å². The third-order valence-electron chi connectivity index (χ3n) is 3.41. The second-order valence-corrected chi connectivity index (χ2v) is 6.61. The summed E-state index contributed by atoms with van der Waals surface area (Å²) < 4.78 is 52.2. The molecule has 8 heteroatoms. The zero-order valence-electron chi connectivity index (χ0n) is 10.8. The molecule has 1 heterocycles. The Kier molecular flexibility index (Phi) is 4.69. The highest BCUT2D eigenvalue weighted by molar-refractivity contribution is 7.89. The van der Waals surface area contributed by atoms with E-state index < -0.39 is 26.6 Å². The molecule has 1 aromatic carbocycles. The zero-order chi connectivity index (χ0) is 14.8. The Labute approximate surface area is 116 Å². The number of piperazine rings is 1. The lowest BCUT2D eigenvalue weighted by Gasteiger charge is -2.31. The average molecular weight is 307 g/mol. The summed E-state index contributed by atoms with van der Waals surface area (Å²) in [6, 6.07) is 2.45. The van der Waals surface area contributed by atoms with Crippen LogP contribution in [-0.4, -0.2) is 57.2 Å². The molecule has 1 aliphatic heterocycles. The summed E-state index contributed by atoms with van der Waals surface area (Å²) in [6.07, 6.45) is 0. The van der Waals surface area contributed by atoms with Gasteiger partial charge in [-0.1, -0.05) is 0 Å². The van der Waals surface area contributed by atoms with Gasteiger partial charge in [0.2, 0.25) is 10.0 Å². The van der Waals surface area contributed by atoms with Crippen molar-refractivity contribution in [2.75, 3.05) is 39.3 Å². The molecule has 0 saturated carbocycles. The van der Waals surface area contributed by atoms with Gasteiger partial charge in [0.15, 0.2) is 0 Å². The maximum Gasteiger partial charge on any atom is 0.246 e. The Bertz CT molecular complexity index is 572. The third-order valence-corrected chi connectivity index (χ3v) is 5.34. The maximum absolute atomic E-state index is 13.6. The number of nitrogens with one attached hydrogen (secondary N) is 1. The number of sulfonamides is 1. The first kappa shape index (κ1) is 15.3. The molecule has 0 unspecified atom stereocenters. The second kappa shape index (κ2) is 6.13. The van der Waals surface area contributed by atoms with Gasteiger partial charge in [0.05, 0.1) is 32.8 Å². The highest BCUT2D eigenvalue weighted by Gasteiger charge is 2.32. The summed E-state index contributed by atoms with van der Waals surface area (Å²) in [6.45, 7) is 2.25. The fourth-order valence-corrected chi connectivity index (χ4v) is 3.76. The van der Waals surface area contributed by atoms with Gasteiger partial charge in [-0.15, -0.1) is 0 Å². The molecule has 112 valence electrons. The Morgan fingerprint density at radius 3 is 2.45 bits per heavy atom. The number of hydrogen-bond acceptors (Lipinski definition) is 3. The Morgan fingerprint density at radius 2 is 1.90 bits per heavy atom. The van der Waals surface area contributed by atoms with Crippen molar-refractivity contribution in [3.05, 3.63) is 29.8 Å². The van der Waals surface area contributed by atoms with E-state index >= 15 is 0 Å². The predicted molar refractivity (Wildman–Crippen MR) is 67.8 cm³/mol. The summed E-state index contributed by atoms with van der Waals surface area (Å²) in [5.41, 5.74) is 0. The lowest BCUT2D eigenvalue weighted by atomic mass is 10.3. The van der Waals surface area contributed by atoms with Crippen LogP contribution in [0.15, 0.2) is 23.1 Å². The van der Waals surface area contributed by atoms with E-state index in [0.717, 1.165) is 17.0 Å². The lowest BCUT2D eigenvalue weighted by molar-refractivity contribution is -0.904. The molecule has 5 nitrogen and oxygen atoms in total. The van der Waals surface area contributed by atoms with Crippen LogP contribution < -0.4 is 4.90 Å². The minimum absolute atomic E-state index is 0.0503. The van der Waals surface area contributed by atoms with Gasteiger partial charge >= 0.3 is 0 Å². The molecule has 1 saturated heterocycles. The molecular weight excluding hydrogens is 290 g/mol. The number of benzene rings is 1. The summed E-state index contributed by atoms with van der Waals surface area (Å²) in [5, 5.41) is 8.85. The fourth-order valence-electron chi connectivity index (χ4n) is 2.27. The number of nitrogens with zero attached hydrogens (tertiary/aromatic N) is 1. The van der Waals surface area contributed by atoms with Gasteiger partial charge in [0, 0.05) is 6.07 Å². The van der Waals surface area contributed by atoms with Gasteiger partial charge < -0.3 is 10.0 Å². The first-order valence-electron chi connectivity index (χ1n) is 6.35. The van der Waals surface area contributed by atoms with Crippen molar-refractivity contribution < 1.29 is 27.2 Å². The Morgan fingerprint density at radius 1 is 1.25 bits per heavy atom. The Hall–Kier alpha value is -1.09. The highest BCUT2D eigenvalue weighted by Crippen LogP contribution is 2.20. The van der Waals surface area contributed by atoms with Crippen LogP contribution in [0.3, 0.4) is 0 Å². The van der Waals surface area contributed by atoms with E-state index in [2.05, 4.69) is 0 Å². The molecule has 1 aromatic rings. The summed E-state index contributed by atoms with van der Waals surface area (Å²) in [4.78, 5) is 0.614. The lowest BCUT2D eigenvalue weighted by Crippen LogP contribution is -3.15. The number of aliphatic hydroxyl groups is 1. The van der Waals surface area contributed by atoms with Crippen molar-refractivity contribution in [2.45, 2.75) is 4.90 Å². The van der Waals surface area contributed by atoms with Crippen LogP contribution in [-0.2, 0) is 10.0 Å². The maximum atomic E-state index is 13.6. The number of aliphatic hydroxyl groups excluding tert-OH is 1. The molecule has 0 aliphatic carbocycles. The van der Waals surface area contributed by atoms with Crippen molar-refractivity contribution in [3.8, 4) is 0 Å². The van der Waals surface area contributed by atoms with Gasteiger partial charge in [-0.3, -0.25) is 0 Å². The number of rotatable bonds is 4. The second-order valence-electron chi connectivity index (χ2n) is 4.70. The highest BCUT2D eigenvalue weighted by atomic mass is 32.2. The van der Waals surface area contributed by atoms with Crippen molar-refractivity contribution in [1.82, 2.24) is 4.31 Å². The molecule has 1 fully saturated rings. The topological polar surface area (TPSA) is 62.0 Å². The predicted octanol–water partition coefficient (Wildman–Crippen LogP) is -1.15. The quantitative estimate of drug-likeness (QED) is 0.738. The molecule has 0 radical (unpaired) electrons. The largest absolute Gasteiger partial charge is 0.391 e. The first-order valence-corrected chi connectivity index (χ1v) is 7.79. The van der Waals surface area contributed by atoms with E-state index in [0.29, 0.717) is 25.7 Å². The number of quaternary nitrogens is 1. The van der Waals surface area contributed by atoms with E-state index in [1.54, 1.807) is 0 Å². The van der Waals surface area contributed by atoms with Gasteiger partial charge in [-0.05, 0) is 12.1 Å². The molecule has 0 bridgehead atoms. The van der Waals surface area contributed by atoms with E-state index in [9.17, 15) is 17.2 Å². The number of halogens is 2. The minimum atomic E-state index is -3.93.